The molecule has 13 heteroatoms. The molecular formula is C27H24F3N3O6S. The molecule has 0 saturated carbocycles. The molecule has 2 heterocycles. The third-order valence-corrected chi connectivity index (χ3v) is 7.63. The van der Waals surface area contributed by atoms with Crippen LogP contribution in [0.5, 0.6) is 0 Å². The van der Waals surface area contributed by atoms with Crippen LogP contribution in [0.3, 0.4) is 0 Å². The lowest BCUT2D eigenvalue weighted by Gasteiger charge is -2.25. The molecule has 5 rings (SSSR count). The van der Waals surface area contributed by atoms with Crippen molar-refractivity contribution in [2.45, 2.75) is 24.7 Å². The second kappa shape index (κ2) is 9.91. The van der Waals surface area contributed by atoms with Crippen LogP contribution >= 0.6 is 0 Å². The van der Waals surface area contributed by atoms with Crippen molar-refractivity contribution < 1.29 is 40.9 Å². The fourth-order valence-electron chi connectivity index (χ4n) is 4.57. The fraction of sp³-hybridized carbons (Fsp3) is 0.259. The van der Waals surface area contributed by atoms with Crippen LogP contribution in [0.15, 0.2) is 64.7 Å². The van der Waals surface area contributed by atoms with E-state index in [1.807, 2.05) is 0 Å². The molecule has 1 aliphatic carbocycles. The van der Waals surface area contributed by atoms with Gasteiger partial charge in [0.15, 0.2) is 22.8 Å². The predicted octanol–water partition coefficient (Wildman–Crippen LogP) is 3.74. The summed E-state index contributed by atoms with van der Waals surface area (Å²) in [7, 11) is -3.30. The van der Waals surface area contributed by atoms with E-state index in [1.165, 1.54) is 25.1 Å². The van der Waals surface area contributed by atoms with E-state index >= 15 is 0 Å². The molecule has 1 amide bonds. The minimum absolute atomic E-state index is 0.133. The third kappa shape index (κ3) is 5.15. The van der Waals surface area contributed by atoms with Gasteiger partial charge in [-0.25, -0.2) is 8.42 Å². The Balaban J connectivity index is 1.47. The molecule has 0 saturated heterocycles. The van der Waals surface area contributed by atoms with Crippen LogP contribution in [0.2, 0.25) is 0 Å². The molecule has 9 nitrogen and oxygen atoms in total. The molecule has 0 radical (unpaired) electrons. The molecule has 3 N–H and O–H groups in total. The number of halogens is 3. The molecule has 2 aliphatic rings. The number of nitrogens with zero attached hydrogens (tertiary/aromatic N) is 1. The number of hydroxylamine groups is 1. The summed E-state index contributed by atoms with van der Waals surface area (Å²) in [4.78, 5) is 18.1. The van der Waals surface area contributed by atoms with Crippen LogP contribution in [0.25, 0.3) is 23.2 Å². The van der Waals surface area contributed by atoms with E-state index in [4.69, 9.17) is 9.36 Å². The Kier molecular flexibility index (Phi) is 6.84. The van der Waals surface area contributed by atoms with Crippen LogP contribution in [-0.4, -0.2) is 43.1 Å². The number of rotatable bonds is 7. The Morgan fingerprint density at radius 2 is 1.88 bits per heavy atom. The minimum Gasteiger partial charge on any atom is -0.405 e. The zero-order chi connectivity index (χ0) is 28.9. The number of nitrogens with one attached hydrogen (secondary N) is 2. The summed E-state index contributed by atoms with van der Waals surface area (Å²) < 4.78 is 70.4. The number of carbonyl (C=O) groups excluding carboxylic acids is 1. The molecule has 2 atom stereocenters. The number of hydrogen-bond acceptors (Lipinski definition) is 8. The summed E-state index contributed by atoms with van der Waals surface area (Å²) in [6, 6.07) is 11.9. The first-order valence-corrected chi connectivity index (χ1v) is 14.1. The van der Waals surface area contributed by atoms with Crippen LogP contribution in [0.1, 0.15) is 40.9 Å². The van der Waals surface area contributed by atoms with E-state index in [0.717, 1.165) is 6.26 Å². The molecule has 0 bridgehead atoms. The van der Waals surface area contributed by atoms with E-state index in [9.17, 15) is 31.5 Å². The molecule has 0 spiro atoms. The van der Waals surface area contributed by atoms with Gasteiger partial charge < -0.3 is 19.8 Å². The highest BCUT2D eigenvalue weighted by molar-refractivity contribution is 7.90. The van der Waals surface area contributed by atoms with Crippen molar-refractivity contribution in [2.24, 2.45) is 0 Å². The molecule has 1 aliphatic heterocycles. The van der Waals surface area contributed by atoms with Gasteiger partial charge in [0.1, 0.15) is 15.4 Å². The Hall–Kier alpha value is -3.94. The van der Waals surface area contributed by atoms with Gasteiger partial charge in [-0.3, -0.25) is 4.79 Å². The van der Waals surface area contributed by atoms with Gasteiger partial charge in [-0.1, -0.05) is 59.8 Å². The number of aliphatic hydroxyl groups is 1. The average molecular weight is 576 g/mol. The van der Waals surface area contributed by atoms with Crippen molar-refractivity contribution in [2.75, 3.05) is 18.6 Å². The van der Waals surface area contributed by atoms with Crippen molar-refractivity contribution in [1.29, 1.82) is 0 Å². The number of aromatic nitrogens is 1. The van der Waals surface area contributed by atoms with Gasteiger partial charge in [0.2, 0.25) is 0 Å². The first kappa shape index (κ1) is 27.6. The lowest BCUT2D eigenvalue weighted by atomic mass is 9.84. The quantitative estimate of drug-likeness (QED) is 0.389. The van der Waals surface area contributed by atoms with Crippen LogP contribution in [-0.2, 0) is 31.2 Å². The molecule has 0 fully saturated rings. The van der Waals surface area contributed by atoms with Crippen molar-refractivity contribution in [3.63, 3.8) is 0 Å². The molecule has 210 valence electrons. The highest BCUT2D eigenvalue weighted by Crippen LogP contribution is 2.47. The minimum atomic E-state index is -4.78. The summed E-state index contributed by atoms with van der Waals surface area (Å²) in [5.74, 6) is -1.61. The van der Waals surface area contributed by atoms with Crippen molar-refractivity contribution in [3.8, 4) is 11.3 Å². The highest BCUT2D eigenvalue weighted by atomic mass is 32.2. The molecule has 1 aromatic heterocycles. The third-order valence-electron chi connectivity index (χ3n) is 6.68. The largest absolute Gasteiger partial charge is 0.422 e. The summed E-state index contributed by atoms with van der Waals surface area (Å²) in [6.45, 7) is 1.12. The molecule has 2 aromatic carbocycles. The Morgan fingerprint density at radius 3 is 2.55 bits per heavy atom. The van der Waals surface area contributed by atoms with Crippen LogP contribution < -0.4 is 10.8 Å². The maximum absolute atomic E-state index is 14.2. The lowest BCUT2D eigenvalue weighted by Crippen LogP contribution is -2.43. The Bertz CT molecular complexity index is 1640. The summed E-state index contributed by atoms with van der Waals surface area (Å²) in [5.41, 5.74) is 1.28. The number of carbonyl (C=O) groups is 1. The van der Waals surface area contributed by atoms with Crippen LogP contribution in [0, 0.1) is 0 Å². The van der Waals surface area contributed by atoms with E-state index in [-0.39, 0.29) is 29.2 Å². The van der Waals surface area contributed by atoms with Gasteiger partial charge >= 0.3 is 6.18 Å². The topological polar surface area (TPSA) is 131 Å². The number of fused-ring (bicyclic) bond motifs is 3. The molecule has 3 aromatic rings. The maximum atomic E-state index is 14.2. The normalized spacial score (nSPS) is 18.1. The number of sulfone groups is 1. The van der Waals surface area contributed by atoms with Crippen molar-refractivity contribution in [3.05, 3.63) is 88.1 Å². The SMILES string of the molecule is CC(O)(C(=O)NCCS(C)(=O)=O)c1ccc2c(c1)C=CC1=C(c3noc(-c4ccccc4)c3C(F)(F)F)ONC12. The number of benzene rings is 2. The first-order valence-electron chi connectivity index (χ1n) is 12.1. The standard InChI is InChI=1S/C27H24F3N3O6S/c1-26(35,25(34)31-12-13-40(2,36)37)17-9-11-18-16(14-17)8-10-19-21(18)32-39-24(19)22-20(27(28,29)30)23(38-33-22)15-6-4-3-5-7-15/h3-11,14,21,32,35H,12-13H2,1-2H3,(H,31,34). The Labute approximate surface area is 227 Å². The molecular weight excluding hydrogens is 551 g/mol. The van der Waals surface area contributed by atoms with E-state index < -0.39 is 50.6 Å². The Morgan fingerprint density at radius 1 is 1.15 bits per heavy atom. The zero-order valence-electron chi connectivity index (χ0n) is 21.2. The summed E-state index contributed by atoms with van der Waals surface area (Å²) in [5, 5.41) is 17.0. The summed E-state index contributed by atoms with van der Waals surface area (Å²) >= 11 is 0. The fourth-order valence-corrected chi connectivity index (χ4v) is 5.04. The van der Waals surface area contributed by atoms with Crippen LogP contribution in [0.4, 0.5) is 13.2 Å². The van der Waals surface area contributed by atoms with Gasteiger partial charge in [0, 0.05) is 23.9 Å². The lowest BCUT2D eigenvalue weighted by molar-refractivity contribution is -0.139. The zero-order valence-corrected chi connectivity index (χ0v) is 22.1. The predicted molar refractivity (Wildman–Crippen MR) is 139 cm³/mol. The van der Waals surface area contributed by atoms with E-state index in [1.54, 1.807) is 42.5 Å². The van der Waals surface area contributed by atoms with Gasteiger partial charge in [0.25, 0.3) is 5.91 Å². The number of hydrogen-bond donors (Lipinski definition) is 3. The van der Waals surface area contributed by atoms with Gasteiger partial charge in [-0.15, -0.1) is 5.48 Å². The molecule has 40 heavy (non-hydrogen) atoms. The molecule has 2 unspecified atom stereocenters. The van der Waals surface area contributed by atoms with Gasteiger partial charge in [-0.2, -0.15) is 13.2 Å². The maximum Gasteiger partial charge on any atom is 0.422 e. The van der Waals surface area contributed by atoms with Gasteiger partial charge in [-0.05, 0) is 29.7 Å². The second-order valence-electron chi connectivity index (χ2n) is 9.67. The van der Waals surface area contributed by atoms with Crippen molar-refractivity contribution in [1.82, 2.24) is 16.0 Å². The smallest absolute Gasteiger partial charge is 0.405 e. The summed E-state index contributed by atoms with van der Waals surface area (Å²) in [6.07, 6.45) is -0.543. The van der Waals surface area contributed by atoms with Gasteiger partial charge in [0.05, 0.1) is 11.8 Å². The second-order valence-corrected chi connectivity index (χ2v) is 11.9. The monoisotopic (exact) mass is 575 g/mol. The number of alkyl halides is 3. The number of amides is 1. The van der Waals surface area contributed by atoms with E-state index in [2.05, 4.69) is 16.0 Å². The average Bonchev–Trinajstić information content (AvgIpc) is 3.52. The highest BCUT2D eigenvalue weighted by Gasteiger charge is 2.45. The van der Waals surface area contributed by atoms with E-state index in [0.29, 0.717) is 16.7 Å². The van der Waals surface area contributed by atoms with Crippen molar-refractivity contribution >= 4 is 27.6 Å². The first-order chi connectivity index (χ1) is 18.8.